The van der Waals surface area contributed by atoms with Gasteiger partial charge in [-0.2, -0.15) is 5.10 Å². The van der Waals surface area contributed by atoms with E-state index < -0.39 is 0 Å². The molecular weight excluding hydrogens is 238 g/mol. The summed E-state index contributed by atoms with van der Waals surface area (Å²) in [4.78, 5) is 0. The van der Waals surface area contributed by atoms with E-state index in [0.717, 1.165) is 36.6 Å². The lowest BCUT2D eigenvalue weighted by molar-refractivity contribution is 0.183. The first-order valence-electron chi connectivity index (χ1n) is 6.77. The first-order valence-corrected chi connectivity index (χ1v) is 6.77. The minimum absolute atomic E-state index is 0.430. The molecule has 100 valence electrons. The average Bonchev–Trinajstić information content (AvgIpc) is 3.13. The fourth-order valence-electron chi connectivity index (χ4n) is 2.52. The Balaban J connectivity index is 1.72. The van der Waals surface area contributed by atoms with E-state index in [9.17, 15) is 0 Å². The first-order chi connectivity index (χ1) is 9.33. The molecule has 3 rings (SSSR count). The molecule has 1 aliphatic rings. The van der Waals surface area contributed by atoms with Crippen LogP contribution < -0.4 is 5.32 Å². The van der Waals surface area contributed by atoms with Gasteiger partial charge in [-0.15, -0.1) is 0 Å². The number of nitrogens with zero attached hydrogens (tertiary/aromatic N) is 1. The zero-order valence-electron chi connectivity index (χ0n) is 11.1. The molecule has 0 radical (unpaired) electrons. The van der Waals surface area contributed by atoms with Crippen LogP contribution in [0.15, 0.2) is 36.5 Å². The Hall–Kier alpha value is -1.81. The zero-order valence-corrected chi connectivity index (χ0v) is 11.1. The number of benzene rings is 1. The highest BCUT2D eigenvalue weighted by Crippen LogP contribution is 2.24. The van der Waals surface area contributed by atoms with Gasteiger partial charge in [-0.3, -0.25) is 5.10 Å². The first kappa shape index (κ1) is 12.2. The second-order valence-corrected chi connectivity index (χ2v) is 5.11. The summed E-state index contributed by atoms with van der Waals surface area (Å²) in [5.41, 5.74) is 3.34. The third kappa shape index (κ3) is 2.79. The molecule has 0 aliphatic carbocycles. The normalized spacial score (nSPS) is 20.4. The molecule has 0 bridgehead atoms. The van der Waals surface area contributed by atoms with Gasteiger partial charge < -0.3 is 10.1 Å². The molecule has 4 nitrogen and oxygen atoms in total. The van der Waals surface area contributed by atoms with E-state index >= 15 is 0 Å². The van der Waals surface area contributed by atoms with Gasteiger partial charge >= 0.3 is 0 Å². The molecule has 1 aromatic carbocycles. The van der Waals surface area contributed by atoms with Crippen LogP contribution in [0.1, 0.15) is 13.3 Å². The van der Waals surface area contributed by atoms with Crippen molar-refractivity contribution in [3.8, 4) is 11.3 Å². The van der Waals surface area contributed by atoms with Gasteiger partial charge in [0, 0.05) is 36.0 Å². The summed E-state index contributed by atoms with van der Waals surface area (Å²) in [6.45, 7) is 3.99. The topological polar surface area (TPSA) is 49.9 Å². The third-order valence-electron chi connectivity index (χ3n) is 3.74. The summed E-state index contributed by atoms with van der Waals surface area (Å²) in [5, 5.41) is 10.6. The molecule has 19 heavy (non-hydrogen) atoms. The summed E-state index contributed by atoms with van der Waals surface area (Å²) in [5.74, 6) is 0.607. The van der Waals surface area contributed by atoms with E-state index in [0.29, 0.717) is 12.0 Å². The van der Waals surface area contributed by atoms with Crippen molar-refractivity contribution >= 4 is 5.69 Å². The molecule has 0 unspecified atom stereocenters. The minimum Gasteiger partial charge on any atom is -0.382 e. The van der Waals surface area contributed by atoms with Gasteiger partial charge in [0.15, 0.2) is 0 Å². The maximum Gasteiger partial charge on any atom is 0.0650 e. The minimum atomic E-state index is 0.430. The highest BCUT2D eigenvalue weighted by molar-refractivity contribution is 5.64. The van der Waals surface area contributed by atoms with Crippen LogP contribution in [0.2, 0.25) is 0 Å². The summed E-state index contributed by atoms with van der Waals surface area (Å²) in [6, 6.07) is 10.8. The molecule has 1 fully saturated rings. The van der Waals surface area contributed by atoms with Gasteiger partial charge in [0.25, 0.3) is 0 Å². The Morgan fingerprint density at radius 1 is 1.42 bits per heavy atom. The zero-order chi connectivity index (χ0) is 13.1. The SMILES string of the molecule is C[C@H](Nc1cccc(-c2ccn[nH]2)c1)[C@H]1CCOC1. The summed E-state index contributed by atoms with van der Waals surface area (Å²) < 4.78 is 5.45. The van der Waals surface area contributed by atoms with Gasteiger partial charge in [-0.05, 0) is 31.5 Å². The second kappa shape index (κ2) is 5.45. The van der Waals surface area contributed by atoms with Crippen molar-refractivity contribution in [1.29, 1.82) is 0 Å². The number of hydrogen-bond acceptors (Lipinski definition) is 3. The highest BCUT2D eigenvalue weighted by atomic mass is 16.5. The Labute approximate surface area is 113 Å². The van der Waals surface area contributed by atoms with Crippen LogP contribution in [-0.4, -0.2) is 29.5 Å². The second-order valence-electron chi connectivity index (χ2n) is 5.11. The standard InChI is InChI=1S/C15H19N3O/c1-11(13-6-8-19-10-13)17-14-4-2-3-12(9-14)15-5-7-16-18-15/h2-5,7,9,11,13,17H,6,8,10H2,1H3,(H,16,18)/t11-,13-/m0/s1. The average molecular weight is 257 g/mol. The molecule has 2 N–H and O–H groups in total. The lowest BCUT2D eigenvalue weighted by atomic mass is 10.0. The quantitative estimate of drug-likeness (QED) is 0.885. The number of hydrogen-bond donors (Lipinski definition) is 2. The van der Waals surface area contributed by atoms with Crippen molar-refractivity contribution in [1.82, 2.24) is 10.2 Å². The van der Waals surface area contributed by atoms with E-state index in [1.165, 1.54) is 0 Å². The van der Waals surface area contributed by atoms with E-state index in [1.54, 1.807) is 6.20 Å². The van der Waals surface area contributed by atoms with Crippen LogP contribution in [0.4, 0.5) is 5.69 Å². The van der Waals surface area contributed by atoms with Crippen LogP contribution in [0, 0.1) is 5.92 Å². The predicted octanol–water partition coefficient (Wildman–Crippen LogP) is 2.91. The van der Waals surface area contributed by atoms with Crippen LogP contribution in [-0.2, 0) is 4.74 Å². The predicted molar refractivity (Wildman–Crippen MR) is 76.0 cm³/mol. The Kier molecular flexibility index (Phi) is 3.51. The lowest BCUT2D eigenvalue weighted by Gasteiger charge is -2.20. The van der Waals surface area contributed by atoms with Crippen molar-refractivity contribution in [2.75, 3.05) is 18.5 Å². The van der Waals surface area contributed by atoms with Crippen LogP contribution in [0.5, 0.6) is 0 Å². The smallest absolute Gasteiger partial charge is 0.0650 e. The van der Waals surface area contributed by atoms with Crippen molar-refractivity contribution in [2.45, 2.75) is 19.4 Å². The van der Waals surface area contributed by atoms with Crippen LogP contribution in [0.25, 0.3) is 11.3 Å². The molecule has 1 saturated heterocycles. The number of anilines is 1. The fourth-order valence-corrected chi connectivity index (χ4v) is 2.52. The summed E-state index contributed by atoms with van der Waals surface area (Å²) in [7, 11) is 0. The van der Waals surface area contributed by atoms with E-state index in [2.05, 4.69) is 46.7 Å². The highest BCUT2D eigenvalue weighted by Gasteiger charge is 2.22. The fraction of sp³-hybridized carbons (Fsp3) is 0.400. The maximum atomic E-state index is 5.45. The number of rotatable bonds is 4. The maximum absolute atomic E-state index is 5.45. The third-order valence-corrected chi connectivity index (χ3v) is 3.74. The van der Waals surface area contributed by atoms with Gasteiger partial charge in [0.1, 0.15) is 0 Å². The van der Waals surface area contributed by atoms with Crippen molar-refractivity contribution in [3.63, 3.8) is 0 Å². The lowest BCUT2D eigenvalue weighted by Crippen LogP contribution is -2.26. The number of aromatic amines is 1. The molecule has 0 saturated carbocycles. The number of H-pyrrole nitrogens is 1. The molecule has 1 aromatic heterocycles. The monoisotopic (exact) mass is 257 g/mol. The Morgan fingerprint density at radius 2 is 2.37 bits per heavy atom. The molecule has 0 spiro atoms. The Bertz CT molecular complexity index is 518. The van der Waals surface area contributed by atoms with Crippen LogP contribution in [0.3, 0.4) is 0 Å². The van der Waals surface area contributed by atoms with Crippen LogP contribution >= 0.6 is 0 Å². The molecule has 2 aromatic rings. The largest absolute Gasteiger partial charge is 0.382 e. The van der Waals surface area contributed by atoms with Gasteiger partial charge in [-0.25, -0.2) is 0 Å². The number of aromatic nitrogens is 2. The molecule has 0 amide bonds. The molecule has 2 atom stereocenters. The number of ether oxygens (including phenoxy) is 1. The molecule has 1 aliphatic heterocycles. The van der Waals surface area contributed by atoms with Gasteiger partial charge in [0.2, 0.25) is 0 Å². The molecule has 4 heteroatoms. The number of nitrogens with one attached hydrogen (secondary N) is 2. The van der Waals surface area contributed by atoms with E-state index in [-0.39, 0.29) is 0 Å². The van der Waals surface area contributed by atoms with Crippen molar-refractivity contribution in [3.05, 3.63) is 36.5 Å². The van der Waals surface area contributed by atoms with E-state index in [4.69, 9.17) is 4.74 Å². The molecular formula is C15H19N3O. The van der Waals surface area contributed by atoms with Crippen molar-refractivity contribution < 1.29 is 4.74 Å². The van der Waals surface area contributed by atoms with Gasteiger partial charge in [-0.1, -0.05) is 12.1 Å². The summed E-state index contributed by atoms with van der Waals surface area (Å²) in [6.07, 6.45) is 2.92. The molecule has 2 heterocycles. The Morgan fingerprint density at radius 3 is 3.11 bits per heavy atom. The summed E-state index contributed by atoms with van der Waals surface area (Å²) >= 11 is 0. The van der Waals surface area contributed by atoms with Crippen molar-refractivity contribution in [2.24, 2.45) is 5.92 Å². The van der Waals surface area contributed by atoms with E-state index in [1.807, 2.05) is 6.07 Å². The van der Waals surface area contributed by atoms with Gasteiger partial charge in [0.05, 0.1) is 12.3 Å².